The van der Waals surface area contributed by atoms with Crippen LogP contribution in [0.3, 0.4) is 0 Å². The molecule has 0 aliphatic carbocycles. The van der Waals surface area contributed by atoms with Crippen molar-refractivity contribution in [2.75, 3.05) is 0 Å². The van der Waals surface area contributed by atoms with Crippen molar-refractivity contribution in [3.63, 3.8) is 0 Å². The van der Waals surface area contributed by atoms with Crippen LogP contribution in [0.4, 0.5) is 29.3 Å². The molecule has 0 saturated carbocycles. The molecule has 0 radical (unpaired) electrons. The number of phenols is 1. The van der Waals surface area contributed by atoms with Gasteiger partial charge in [-0.25, -0.2) is 4.79 Å². The summed E-state index contributed by atoms with van der Waals surface area (Å²) < 4.78 is 44.4. The lowest BCUT2D eigenvalue weighted by Gasteiger charge is -2.10. The van der Waals surface area contributed by atoms with Crippen LogP contribution in [0.15, 0.2) is 101 Å². The van der Waals surface area contributed by atoms with E-state index in [9.17, 15) is 28.2 Å². The Kier molecular flexibility index (Phi) is 6.87. The standard InChI is InChI=1S/C29H20F3N3O5/c30-29(31,32)16-17-11-13-19(14-12-17)35-24-10-2-1-7-22(24)25(27(35)37)34-33-23-9-4-8-21(26(23)36)18-5-3-6-20(15-18)40-28(38)39/h1-15,36-37H,16H2,(H,38,39). The van der Waals surface area contributed by atoms with Gasteiger partial charge in [-0.15, -0.1) is 10.2 Å². The van der Waals surface area contributed by atoms with E-state index in [1.54, 1.807) is 48.5 Å². The first kappa shape index (κ1) is 26.3. The van der Waals surface area contributed by atoms with Crippen molar-refractivity contribution in [2.24, 2.45) is 10.2 Å². The maximum atomic E-state index is 12.8. The average Bonchev–Trinajstić information content (AvgIpc) is 3.18. The van der Waals surface area contributed by atoms with Crippen molar-refractivity contribution >= 4 is 28.4 Å². The molecule has 40 heavy (non-hydrogen) atoms. The van der Waals surface area contributed by atoms with E-state index in [0.29, 0.717) is 27.7 Å². The van der Waals surface area contributed by atoms with Gasteiger partial charge >= 0.3 is 12.3 Å². The van der Waals surface area contributed by atoms with Gasteiger partial charge in [0.2, 0.25) is 5.88 Å². The fourth-order valence-electron chi connectivity index (χ4n) is 4.34. The molecule has 0 amide bonds. The van der Waals surface area contributed by atoms with Crippen LogP contribution in [0.5, 0.6) is 17.4 Å². The number of rotatable bonds is 6. The highest BCUT2D eigenvalue weighted by Gasteiger charge is 2.27. The minimum absolute atomic E-state index is 0.0700. The molecular weight excluding hydrogens is 527 g/mol. The molecule has 5 aromatic rings. The molecule has 11 heteroatoms. The highest BCUT2D eigenvalue weighted by Crippen LogP contribution is 2.43. The summed E-state index contributed by atoms with van der Waals surface area (Å²) in [6.07, 6.45) is -6.88. The Hall–Kier alpha value is -5.32. The van der Waals surface area contributed by atoms with Crippen molar-refractivity contribution in [3.05, 3.63) is 96.6 Å². The highest BCUT2D eigenvalue weighted by atomic mass is 19.4. The van der Waals surface area contributed by atoms with Crippen molar-refractivity contribution < 1.29 is 38.0 Å². The monoisotopic (exact) mass is 547 g/mol. The molecule has 0 spiro atoms. The smallest absolute Gasteiger partial charge is 0.505 e. The van der Waals surface area contributed by atoms with Gasteiger partial charge in [0.15, 0.2) is 11.4 Å². The van der Waals surface area contributed by atoms with Gasteiger partial charge in [-0.2, -0.15) is 13.2 Å². The highest BCUT2D eigenvalue weighted by molar-refractivity contribution is 5.96. The lowest BCUT2D eigenvalue weighted by Crippen LogP contribution is -2.11. The van der Waals surface area contributed by atoms with Gasteiger partial charge in [-0.05, 0) is 47.5 Å². The van der Waals surface area contributed by atoms with Crippen LogP contribution in [0.25, 0.3) is 27.7 Å². The third kappa shape index (κ3) is 5.44. The van der Waals surface area contributed by atoms with Crippen LogP contribution in [0, 0.1) is 0 Å². The third-order valence-corrected chi connectivity index (χ3v) is 6.05. The first-order valence-electron chi connectivity index (χ1n) is 11.8. The van der Waals surface area contributed by atoms with E-state index in [0.717, 1.165) is 0 Å². The predicted octanol–water partition coefficient (Wildman–Crippen LogP) is 8.29. The summed E-state index contributed by atoms with van der Waals surface area (Å²) in [4.78, 5) is 10.9. The number of ether oxygens (including phenoxy) is 1. The largest absolute Gasteiger partial charge is 0.511 e. The number of azo groups is 1. The van der Waals surface area contributed by atoms with Crippen molar-refractivity contribution in [1.82, 2.24) is 4.57 Å². The number of alkyl halides is 3. The average molecular weight is 547 g/mol. The number of phenolic OH excluding ortho intramolecular Hbond substituents is 1. The summed E-state index contributed by atoms with van der Waals surface area (Å²) in [5, 5.41) is 39.8. The number of carbonyl (C=O) groups is 1. The van der Waals surface area contributed by atoms with Crippen LogP contribution in [0.1, 0.15) is 5.56 Å². The fourth-order valence-corrected chi connectivity index (χ4v) is 4.34. The van der Waals surface area contributed by atoms with Crippen molar-refractivity contribution in [1.29, 1.82) is 0 Å². The van der Waals surface area contributed by atoms with Gasteiger partial charge in [-0.1, -0.05) is 54.6 Å². The number of aromatic hydroxyl groups is 2. The second-order valence-electron chi connectivity index (χ2n) is 8.75. The Morgan fingerprint density at radius 2 is 1.60 bits per heavy atom. The molecule has 1 heterocycles. The zero-order valence-corrected chi connectivity index (χ0v) is 20.5. The SMILES string of the molecule is O=C(O)Oc1cccc(-c2cccc(N=Nc3c(O)n(-c4ccc(CC(F)(F)F)cc4)c4ccccc34)c2O)c1. The number of nitrogens with zero attached hydrogens (tertiary/aromatic N) is 3. The van der Waals surface area contributed by atoms with Gasteiger partial charge < -0.3 is 20.1 Å². The van der Waals surface area contributed by atoms with Crippen molar-refractivity contribution in [3.8, 4) is 34.2 Å². The van der Waals surface area contributed by atoms with Gasteiger partial charge in [0, 0.05) is 16.6 Å². The minimum Gasteiger partial charge on any atom is -0.505 e. The Bertz CT molecular complexity index is 1740. The molecule has 0 saturated heterocycles. The van der Waals surface area contributed by atoms with E-state index in [1.807, 2.05) is 0 Å². The van der Waals surface area contributed by atoms with E-state index in [-0.39, 0.29) is 34.3 Å². The quantitative estimate of drug-likeness (QED) is 0.112. The maximum absolute atomic E-state index is 12.8. The number of carboxylic acid groups (broad SMARTS) is 1. The van der Waals surface area contributed by atoms with Crippen molar-refractivity contribution in [2.45, 2.75) is 12.6 Å². The molecule has 3 N–H and O–H groups in total. The summed E-state index contributed by atoms with van der Waals surface area (Å²) in [7, 11) is 0. The van der Waals surface area contributed by atoms with Gasteiger partial charge in [0.25, 0.3) is 0 Å². The normalized spacial score (nSPS) is 11.8. The van der Waals surface area contributed by atoms with E-state index in [1.165, 1.54) is 47.0 Å². The number of aromatic nitrogens is 1. The predicted molar refractivity (Wildman–Crippen MR) is 141 cm³/mol. The molecule has 0 bridgehead atoms. The molecular formula is C29H20F3N3O5. The first-order valence-corrected chi connectivity index (χ1v) is 11.8. The van der Waals surface area contributed by atoms with Crippen LogP contribution >= 0.6 is 0 Å². The van der Waals surface area contributed by atoms with E-state index >= 15 is 0 Å². The summed E-state index contributed by atoms with van der Waals surface area (Å²) >= 11 is 0. The summed E-state index contributed by atoms with van der Waals surface area (Å²) in [6, 6.07) is 23.4. The number of benzene rings is 4. The van der Waals surface area contributed by atoms with E-state index in [4.69, 9.17) is 5.11 Å². The number of para-hydroxylation sites is 2. The Morgan fingerprint density at radius 3 is 2.33 bits per heavy atom. The Morgan fingerprint density at radius 1 is 0.875 bits per heavy atom. The first-order chi connectivity index (χ1) is 19.1. The lowest BCUT2D eigenvalue weighted by molar-refractivity contribution is -0.127. The third-order valence-electron chi connectivity index (χ3n) is 6.05. The van der Waals surface area contributed by atoms with Crippen LogP contribution in [-0.4, -0.2) is 32.2 Å². The van der Waals surface area contributed by atoms with Gasteiger partial charge in [0.05, 0.1) is 11.9 Å². The zero-order valence-electron chi connectivity index (χ0n) is 20.5. The second-order valence-corrected chi connectivity index (χ2v) is 8.75. The summed E-state index contributed by atoms with van der Waals surface area (Å²) in [5.41, 5.74) is 2.05. The van der Waals surface area contributed by atoms with Crippen LogP contribution in [-0.2, 0) is 6.42 Å². The minimum atomic E-state index is -4.34. The van der Waals surface area contributed by atoms with Crippen LogP contribution < -0.4 is 4.74 Å². The van der Waals surface area contributed by atoms with Gasteiger partial charge in [0.1, 0.15) is 11.4 Å². The molecule has 0 fully saturated rings. The number of fused-ring (bicyclic) bond motifs is 1. The molecule has 4 aromatic carbocycles. The second kappa shape index (κ2) is 10.4. The number of hydrogen-bond acceptors (Lipinski definition) is 6. The lowest BCUT2D eigenvalue weighted by atomic mass is 10.0. The Labute approximate surface area is 224 Å². The molecule has 0 aliphatic heterocycles. The van der Waals surface area contributed by atoms with E-state index < -0.39 is 18.8 Å². The molecule has 5 rings (SSSR count). The van der Waals surface area contributed by atoms with Crippen LogP contribution in [0.2, 0.25) is 0 Å². The molecule has 1 aromatic heterocycles. The molecule has 202 valence electrons. The summed E-state index contributed by atoms with van der Waals surface area (Å²) in [6.45, 7) is 0. The fraction of sp³-hybridized carbons (Fsp3) is 0.0690. The number of halogens is 3. The molecule has 8 nitrogen and oxygen atoms in total. The van der Waals surface area contributed by atoms with E-state index in [2.05, 4.69) is 15.0 Å². The molecule has 0 atom stereocenters. The maximum Gasteiger partial charge on any atom is 0.511 e. The Balaban J connectivity index is 1.52. The molecule has 0 unspecified atom stereocenters. The topological polar surface area (TPSA) is 117 Å². The summed E-state index contributed by atoms with van der Waals surface area (Å²) in [5.74, 6) is -0.453. The van der Waals surface area contributed by atoms with Gasteiger partial charge in [-0.3, -0.25) is 4.57 Å². The zero-order chi connectivity index (χ0) is 28.4. The number of hydrogen-bond donors (Lipinski definition) is 3. The molecule has 0 aliphatic rings.